The molecule has 1 atom stereocenters. The Bertz CT molecular complexity index is 702. The molecule has 2 rings (SSSR count). The number of carbonyl (C=O) groups is 1. The number of anilines is 1. The van der Waals surface area contributed by atoms with Crippen LogP contribution < -0.4 is 5.32 Å². The van der Waals surface area contributed by atoms with Gasteiger partial charge in [-0.05, 0) is 50.7 Å². The van der Waals surface area contributed by atoms with Gasteiger partial charge < -0.3 is 5.32 Å². The van der Waals surface area contributed by atoms with Crippen LogP contribution in [-0.2, 0) is 21.3 Å². The summed E-state index contributed by atoms with van der Waals surface area (Å²) in [5.74, 6) is 0.382. The fourth-order valence-corrected chi connectivity index (χ4v) is 3.27. The van der Waals surface area contributed by atoms with E-state index in [2.05, 4.69) is 5.32 Å². The number of benzene rings is 2. The molecule has 128 valence electrons. The van der Waals surface area contributed by atoms with Crippen LogP contribution in [0.2, 0.25) is 0 Å². The normalized spacial score (nSPS) is 12.4. The summed E-state index contributed by atoms with van der Waals surface area (Å²) in [7, 11) is 0.829. The van der Waals surface area contributed by atoms with E-state index < -0.39 is 10.8 Å². The Morgan fingerprint density at radius 3 is 2.50 bits per heavy atom. The molecule has 0 aliphatic heterocycles. The van der Waals surface area contributed by atoms with Gasteiger partial charge in [0.25, 0.3) is 0 Å². The van der Waals surface area contributed by atoms with Crippen LogP contribution in [0.4, 0.5) is 5.69 Å². The van der Waals surface area contributed by atoms with Crippen LogP contribution in [0.15, 0.2) is 59.5 Å². The van der Waals surface area contributed by atoms with Crippen molar-refractivity contribution in [3.05, 3.63) is 60.2 Å². The number of carbonyl (C=O) groups excluding carboxylic acids is 1. The lowest BCUT2D eigenvalue weighted by Gasteiger charge is -2.20. The van der Waals surface area contributed by atoms with Gasteiger partial charge in [-0.2, -0.15) is 0 Å². The van der Waals surface area contributed by atoms with E-state index in [4.69, 9.17) is 0 Å². The van der Waals surface area contributed by atoms with Crippen molar-refractivity contribution in [2.24, 2.45) is 0 Å². The minimum atomic E-state index is -1.09. The van der Waals surface area contributed by atoms with Gasteiger partial charge in [-0.1, -0.05) is 30.3 Å². The lowest BCUT2D eigenvalue weighted by Crippen LogP contribution is -2.34. The molecule has 0 aromatic heterocycles. The topological polar surface area (TPSA) is 49.4 Å². The molecule has 0 radical (unpaired) electrons. The summed E-state index contributed by atoms with van der Waals surface area (Å²) in [5.41, 5.74) is 1.67. The van der Waals surface area contributed by atoms with Crippen molar-refractivity contribution in [3.63, 3.8) is 0 Å². The first-order chi connectivity index (χ1) is 11.5. The predicted molar refractivity (Wildman–Crippen MR) is 99.4 cm³/mol. The highest BCUT2D eigenvalue weighted by molar-refractivity contribution is 7.84. The van der Waals surface area contributed by atoms with E-state index in [1.54, 1.807) is 0 Å². The summed E-state index contributed by atoms with van der Waals surface area (Å²) in [6.07, 6.45) is 0. The van der Waals surface area contributed by atoms with Crippen molar-refractivity contribution in [3.8, 4) is 0 Å². The Balaban J connectivity index is 1.99. The van der Waals surface area contributed by atoms with Crippen LogP contribution >= 0.6 is 0 Å². The van der Waals surface area contributed by atoms with Gasteiger partial charge >= 0.3 is 0 Å². The number of nitrogens with one attached hydrogen (secondary N) is 1. The van der Waals surface area contributed by atoms with E-state index in [-0.39, 0.29) is 5.91 Å². The third-order valence-electron chi connectivity index (χ3n) is 3.79. The zero-order valence-corrected chi connectivity index (χ0v) is 15.2. The lowest BCUT2D eigenvalue weighted by molar-refractivity contribution is -0.117. The first-order valence-corrected chi connectivity index (χ1v) is 9.30. The highest BCUT2D eigenvalue weighted by Crippen LogP contribution is 2.16. The molecular formula is C19H24N2O2S. The molecule has 0 saturated heterocycles. The number of hydrogen-bond acceptors (Lipinski definition) is 3. The summed E-state index contributed by atoms with van der Waals surface area (Å²) in [6.45, 7) is 4.44. The fraction of sp³-hybridized carbons (Fsp3) is 0.316. The molecule has 0 spiro atoms. The summed E-state index contributed by atoms with van der Waals surface area (Å²) in [6, 6.07) is 17.3. The third kappa shape index (κ3) is 5.58. The van der Waals surface area contributed by atoms with Crippen molar-refractivity contribution in [2.75, 3.05) is 18.9 Å². The summed E-state index contributed by atoms with van der Waals surface area (Å²) in [4.78, 5) is 14.9. The lowest BCUT2D eigenvalue weighted by atomic mass is 10.2. The molecule has 0 saturated carbocycles. The summed E-state index contributed by atoms with van der Waals surface area (Å²) < 4.78 is 12.4. The Hall–Kier alpha value is -1.98. The standard InChI is InChI=1S/C19H24N2O2S/c1-15(2)21(3)13-19(22)20-17-9-7-8-16(12-17)14-24(23)18-10-5-4-6-11-18/h4-12,15H,13-14H2,1-3H3,(H,20,22). The van der Waals surface area contributed by atoms with Crippen LogP contribution in [0.25, 0.3) is 0 Å². The van der Waals surface area contributed by atoms with Crippen LogP contribution in [-0.4, -0.2) is 34.7 Å². The van der Waals surface area contributed by atoms with Gasteiger partial charge in [0.1, 0.15) is 0 Å². The van der Waals surface area contributed by atoms with E-state index in [9.17, 15) is 9.00 Å². The smallest absolute Gasteiger partial charge is 0.238 e. The maximum atomic E-state index is 12.4. The number of amides is 1. The van der Waals surface area contributed by atoms with E-state index in [0.29, 0.717) is 18.3 Å². The van der Waals surface area contributed by atoms with Crippen molar-refractivity contribution in [2.45, 2.75) is 30.5 Å². The van der Waals surface area contributed by atoms with Crippen LogP contribution in [0.5, 0.6) is 0 Å². The molecule has 1 N–H and O–H groups in total. The number of likely N-dealkylation sites (N-methyl/N-ethyl adjacent to an activating group) is 1. The SMILES string of the molecule is CC(C)N(C)CC(=O)Nc1cccc(CS(=O)c2ccccc2)c1. The molecule has 0 fully saturated rings. The number of rotatable bonds is 7. The molecule has 5 heteroatoms. The van der Waals surface area contributed by atoms with Crippen LogP contribution in [0.3, 0.4) is 0 Å². The Morgan fingerprint density at radius 1 is 1.12 bits per heavy atom. The second-order valence-corrected chi connectivity index (χ2v) is 7.51. The molecule has 2 aromatic carbocycles. The summed E-state index contributed by atoms with van der Waals surface area (Å²) in [5, 5.41) is 2.90. The molecular weight excluding hydrogens is 320 g/mol. The molecule has 0 bridgehead atoms. The van der Waals surface area contributed by atoms with Gasteiger partial charge in [0.15, 0.2) is 0 Å². The minimum absolute atomic E-state index is 0.0486. The maximum absolute atomic E-state index is 12.4. The van der Waals surface area contributed by atoms with Crippen LogP contribution in [0, 0.1) is 0 Å². The van der Waals surface area contributed by atoms with Crippen molar-refractivity contribution >= 4 is 22.4 Å². The maximum Gasteiger partial charge on any atom is 0.238 e. The molecule has 24 heavy (non-hydrogen) atoms. The zero-order chi connectivity index (χ0) is 17.5. The minimum Gasteiger partial charge on any atom is -0.325 e. The first kappa shape index (κ1) is 18.4. The first-order valence-electron chi connectivity index (χ1n) is 7.98. The average Bonchev–Trinajstić information content (AvgIpc) is 2.55. The molecule has 4 nitrogen and oxygen atoms in total. The average molecular weight is 344 g/mol. The second-order valence-electron chi connectivity index (χ2n) is 6.06. The Morgan fingerprint density at radius 2 is 1.83 bits per heavy atom. The predicted octanol–water partition coefficient (Wildman–Crippen LogP) is 3.27. The van der Waals surface area contributed by atoms with Gasteiger partial charge in [-0.3, -0.25) is 13.9 Å². The summed E-state index contributed by atoms with van der Waals surface area (Å²) >= 11 is 0. The largest absolute Gasteiger partial charge is 0.325 e. The van der Waals surface area contributed by atoms with Crippen molar-refractivity contribution < 1.29 is 9.00 Å². The molecule has 1 amide bonds. The highest BCUT2D eigenvalue weighted by atomic mass is 32.2. The fourth-order valence-electron chi connectivity index (χ4n) is 2.16. The molecule has 0 aliphatic rings. The van der Waals surface area contributed by atoms with E-state index in [1.807, 2.05) is 80.4 Å². The quantitative estimate of drug-likeness (QED) is 0.839. The van der Waals surface area contributed by atoms with Gasteiger partial charge in [0.05, 0.1) is 23.1 Å². The van der Waals surface area contributed by atoms with Crippen molar-refractivity contribution in [1.29, 1.82) is 0 Å². The van der Waals surface area contributed by atoms with Gasteiger partial charge in [-0.25, -0.2) is 0 Å². The molecule has 2 aromatic rings. The number of hydrogen-bond donors (Lipinski definition) is 1. The Kier molecular flexibility index (Phi) is 6.70. The van der Waals surface area contributed by atoms with E-state index >= 15 is 0 Å². The molecule has 0 aliphatic carbocycles. The zero-order valence-electron chi connectivity index (χ0n) is 14.4. The van der Waals surface area contributed by atoms with Gasteiger partial charge in [0, 0.05) is 16.6 Å². The highest BCUT2D eigenvalue weighted by Gasteiger charge is 2.10. The van der Waals surface area contributed by atoms with Gasteiger partial charge in [0.2, 0.25) is 5.91 Å². The van der Waals surface area contributed by atoms with Crippen molar-refractivity contribution in [1.82, 2.24) is 4.90 Å². The molecule has 0 heterocycles. The Labute approximate surface area is 146 Å². The monoisotopic (exact) mass is 344 g/mol. The van der Waals surface area contributed by atoms with E-state index in [1.165, 1.54) is 0 Å². The number of nitrogens with zero attached hydrogens (tertiary/aromatic N) is 1. The van der Waals surface area contributed by atoms with E-state index in [0.717, 1.165) is 16.1 Å². The third-order valence-corrected chi connectivity index (χ3v) is 5.18. The second kappa shape index (κ2) is 8.76. The van der Waals surface area contributed by atoms with Gasteiger partial charge in [-0.15, -0.1) is 0 Å². The van der Waals surface area contributed by atoms with Crippen LogP contribution in [0.1, 0.15) is 19.4 Å². The molecule has 1 unspecified atom stereocenters.